The van der Waals surface area contributed by atoms with Gasteiger partial charge in [-0.25, -0.2) is 4.57 Å². The van der Waals surface area contributed by atoms with Gasteiger partial charge in [0.2, 0.25) is 0 Å². The van der Waals surface area contributed by atoms with E-state index in [1.807, 2.05) is 6.92 Å². The molecular formula is C16H19O6P. The van der Waals surface area contributed by atoms with Crippen LogP contribution in [0.1, 0.15) is 36.8 Å². The van der Waals surface area contributed by atoms with Crippen LogP contribution in [0.15, 0.2) is 42.5 Å². The number of phosphoric acid groups is 1. The lowest BCUT2D eigenvalue weighted by molar-refractivity contribution is 0.281. The van der Waals surface area contributed by atoms with E-state index in [4.69, 9.17) is 14.3 Å². The summed E-state index contributed by atoms with van der Waals surface area (Å²) in [6, 6.07) is 10.7. The fourth-order valence-corrected chi connectivity index (χ4v) is 2.94. The van der Waals surface area contributed by atoms with E-state index < -0.39 is 7.82 Å². The Balaban J connectivity index is 2.51. The molecule has 0 aliphatic heterocycles. The molecule has 0 radical (unpaired) electrons. The Morgan fingerprint density at radius 3 is 2.22 bits per heavy atom. The molecule has 0 heterocycles. The highest BCUT2D eigenvalue weighted by atomic mass is 31.2. The fraction of sp³-hybridized carbons (Fsp3) is 0.250. The van der Waals surface area contributed by atoms with Gasteiger partial charge >= 0.3 is 7.82 Å². The summed E-state index contributed by atoms with van der Waals surface area (Å²) in [5.74, 6) is -0.0820. The standard InChI is InChI=1S/C16H19O6P/c1-2-3-14(11-4-6-12(17)7-5-11)15-10-13(18)8-9-16(15)22-23(19,20)21/h4-10,14,17-18H,2-3H2,1H3,(H2,19,20,21). The summed E-state index contributed by atoms with van der Waals surface area (Å²) in [5.41, 5.74) is 1.34. The minimum atomic E-state index is -4.71. The van der Waals surface area contributed by atoms with Gasteiger partial charge in [-0.3, -0.25) is 9.79 Å². The topological polar surface area (TPSA) is 107 Å². The third kappa shape index (κ3) is 4.73. The van der Waals surface area contributed by atoms with E-state index in [0.717, 1.165) is 12.0 Å². The molecule has 0 fully saturated rings. The lowest BCUT2D eigenvalue weighted by Crippen LogP contribution is -2.04. The van der Waals surface area contributed by atoms with Gasteiger partial charge in [-0.1, -0.05) is 25.5 Å². The number of hydrogen-bond acceptors (Lipinski definition) is 4. The average molecular weight is 338 g/mol. The van der Waals surface area contributed by atoms with Crippen molar-refractivity contribution in [2.75, 3.05) is 0 Å². The van der Waals surface area contributed by atoms with E-state index in [1.54, 1.807) is 24.3 Å². The Morgan fingerprint density at radius 1 is 1.04 bits per heavy atom. The van der Waals surface area contributed by atoms with Crippen LogP contribution < -0.4 is 4.52 Å². The quantitative estimate of drug-likeness (QED) is 0.601. The van der Waals surface area contributed by atoms with E-state index in [0.29, 0.717) is 12.0 Å². The second kappa shape index (κ2) is 7.04. The molecule has 0 aliphatic carbocycles. The monoisotopic (exact) mass is 338 g/mol. The van der Waals surface area contributed by atoms with E-state index in [1.165, 1.54) is 18.2 Å². The Bertz CT molecular complexity index is 707. The van der Waals surface area contributed by atoms with Crippen molar-refractivity contribution < 1.29 is 29.1 Å². The molecule has 0 aromatic heterocycles. The normalized spacial score (nSPS) is 12.8. The molecule has 7 heteroatoms. The van der Waals surface area contributed by atoms with Crippen LogP contribution in [-0.4, -0.2) is 20.0 Å². The molecule has 1 atom stereocenters. The summed E-state index contributed by atoms with van der Waals surface area (Å²) in [6.07, 6.45) is 1.50. The van der Waals surface area contributed by atoms with Crippen LogP contribution in [-0.2, 0) is 4.57 Å². The highest BCUT2D eigenvalue weighted by Gasteiger charge is 2.23. The Hall–Kier alpha value is -2.01. The largest absolute Gasteiger partial charge is 0.524 e. The van der Waals surface area contributed by atoms with E-state index in [-0.39, 0.29) is 23.2 Å². The van der Waals surface area contributed by atoms with Gasteiger partial charge < -0.3 is 14.7 Å². The van der Waals surface area contributed by atoms with Crippen molar-refractivity contribution in [1.82, 2.24) is 0 Å². The molecule has 0 amide bonds. The zero-order chi connectivity index (χ0) is 17.0. The van der Waals surface area contributed by atoms with Gasteiger partial charge in [0.05, 0.1) is 0 Å². The van der Waals surface area contributed by atoms with Crippen LogP contribution in [0.2, 0.25) is 0 Å². The van der Waals surface area contributed by atoms with E-state index in [2.05, 4.69) is 0 Å². The molecule has 2 aromatic carbocycles. The van der Waals surface area contributed by atoms with E-state index >= 15 is 0 Å². The van der Waals surface area contributed by atoms with E-state index in [9.17, 15) is 14.8 Å². The van der Waals surface area contributed by atoms with Gasteiger partial charge in [-0.2, -0.15) is 0 Å². The Kier molecular flexibility index (Phi) is 5.31. The lowest BCUT2D eigenvalue weighted by Gasteiger charge is -2.21. The first-order valence-corrected chi connectivity index (χ1v) is 8.70. The predicted octanol–water partition coefficient (Wildman–Crippen LogP) is 3.50. The lowest BCUT2D eigenvalue weighted by atomic mass is 9.87. The van der Waals surface area contributed by atoms with Gasteiger partial charge in [0.1, 0.15) is 17.2 Å². The van der Waals surface area contributed by atoms with Crippen molar-refractivity contribution in [2.45, 2.75) is 25.7 Å². The van der Waals surface area contributed by atoms with Gasteiger partial charge in [0.15, 0.2) is 0 Å². The van der Waals surface area contributed by atoms with Crippen LogP contribution in [0.25, 0.3) is 0 Å². The number of rotatable bonds is 6. The molecule has 0 aliphatic rings. The first-order valence-electron chi connectivity index (χ1n) is 7.17. The first kappa shape index (κ1) is 17.3. The number of phenols is 2. The number of phosphoric ester groups is 1. The minimum absolute atomic E-state index is 0.0158. The predicted molar refractivity (Wildman–Crippen MR) is 85.6 cm³/mol. The molecule has 23 heavy (non-hydrogen) atoms. The second-order valence-electron chi connectivity index (χ2n) is 5.24. The smallest absolute Gasteiger partial charge is 0.508 e. The number of benzene rings is 2. The third-order valence-corrected chi connectivity index (χ3v) is 3.89. The van der Waals surface area contributed by atoms with Crippen LogP contribution in [0.5, 0.6) is 17.2 Å². The molecule has 4 N–H and O–H groups in total. The van der Waals surface area contributed by atoms with Crippen LogP contribution >= 0.6 is 7.82 Å². The summed E-state index contributed by atoms with van der Waals surface area (Å²) in [4.78, 5) is 18.2. The summed E-state index contributed by atoms with van der Waals surface area (Å²) in [5, 5.41) is 19.2. The molecular weight excluding hydrogens is 319 g/mol. The molecule has 0 bridgehead atoms. The molecule has 1 unspecified atom stereocenters. The summed E-state index contributed by atoms with van der Waals surface area (Å²) in [6.45, 7) is 1.99. The fourth-order valence-electron chi connectivity index (χ4n) is 2.52. The molecule has 0 saturated carbocycles. The number of aromatic hydroxyl groups is 2. The molecule has 0 saturated heterocycles. The van der Waals surface area contributed by atoms with Crippen molar-refractivity contribution in [3.63, 3.8) is 0 Å². The van der Waals surface area contributed by atoms with Crippen LogP contribution in [0.3, 0.4) is 0 Å². The molecule has 6 nitrogen and oxygen atoms in total. The van der Waals surface area contributed by atoms with Crippen molar-refractivity contribution in [1.29, 1.82) is 0 Å². The minimum Gasteiger partial charge on any atom is -0.508 e. The highest BCUT2D eigenvalue weighted by molar-refractivity contribution is 7.46. The van der Waals surface area contributed by atoms with Crippen molar-refractivity contribution in [3.05, 3.63) is 53.6 Å². The van der Waals surface area contributed by atoms with Gasteiger partial charge in [-0.15, -0.1) is 0 Å². The molecule has 2 rings (SSSR count). The second-order valence-corrected chi connectivity index (χ2v) is 6.40. The third-order valence-electron chi connectivity index (χ3n) is 3.46. The van der Waals surface area contributed by atoms with Gasteiger partial charge in [0, 0.05) is 11.5 Å². The van der Waals surface area contributed by atoms with Crippen molar-refractivity contribution in [3.8, 4) is 17.2 Å². The zero-order valence-electron chi connectivity index (χ0n) is 12.6. The van der Waals surface area contributed by atoms with Crippen molar-refractivity contribution in [2.24, 2.45) is 0 Å². The maximum atomic E-state index is 11.2. The Labute approximate surface area is 134 Å². The number of hydrogen-bond donors (Lipinski definition) is 4. The maximum absolute atomic E-state index is 11.2. The molecule has 0 spiro atoms. The van der Waals surface area contributed by atoms with Crippen LogP contribution in [0, 0.1) is 0 Å². The SMILES string of the molecule is CCCC(c1ccc(O)cc1)c1cc(O)ccc1OP(=O)(O)O. The number of phenolic OH excluding ortho intramolecular Hbond substituents is 2. The molecule has 2 aromatic rings. The van der Waals surface area contributed by atoms with Gasteiger partial charge in [-0.05, 0) is 42.3 Å². The zero-order valence-corrected chi connectivity index (χ0v) is 13.5. The maximum Gasteiger partial charge on any atom is 0.524 e. The average Bonchev–Trinajstić information content (AvgIpc) is 2.47. The molecule has 124 valence electrons. The Morgan fingerprint density at radius 2 is 1.65 bits per heavy atom. The summed E-state index contributed by atoms with van der Waals surface area (Å²) < 4.78 is 15.9. The van der Waals surface area contributed by atoms with Crippen molar-refractivity contribution >= 4 is 7.82 Å². The summed E-state index contributed by atoms with van der Waals surface area (Å²) in [7, 11) is -4.71. The summed E-state index contributed by atoms with van der Waals surface area (Å²) >= 11 is 0. The highest BCUT2D eigenvalue weighted by Crippen LogP contribution is 2.44. The van der Waals surface area contributed by atoms with Crippen LogP contribution in [0.4, 0.5) is 0 Å². The van der Waals surface area contributed by atoms with Gasteiger partial charge in [0.25, 0.3) is 0 Å². The first-order chi connectivity index (χ1) is 10.8.